The SMILES string of the molecule is CCN(Cc1ccc(C)cc1)C(=O)OCC1CCc2ccccc2N1S(=O)(=O)c1ccc(Cl)cc1. The second kappa shape index (κ2) is 10.7. The standard InChI is InChI=1S/C27H29ClN2O4S/c1-3-29(18-21-10-8-20(2)9-11-21)27(31)34-19-24-15-12-22-6-4-5-7-26(22)30(24)35(32,33)25-16-13-23(28)14-17-25/h4-11,13-14,16-17,24H,3,12,15,18-19H2,1-2H3. The van der Waals surface area contributed by atoms with E-state index in [1.54, 1.807) is 23.1 Å². The Kier molecular flexibility index (Phi) is 7.67. The first kappa shape index (κ1) is 25.1. The number of rotatable bonds is 7. The molecule has 0 spiro atoms. The van der Waals surface area contributed by atoms with Crippen LogP contribution in [0.15, 0.2) is 77.7 Å². The summed E-state index contributed by atoms with van der Waals surface area (Å²) >= 11 is 5.98. The minimum absolute atomic E-state index is 0.0373. The topological polar surface area (TPSA) is 66.9 Å². The summed E-state index contributed by atoms with van der Waals surface area (Å²) < 4.78 is 34.5. The minimum Gasteiger partial charge on any atom is -0.447 e. The van der Waals surface area contributed by atoms with Gasteiger partial charge >= 0.3 is 6.09 Å². The molecule has 0 fully saturated rings. The average molecular weight is 513 g/mol. The van der Waals surface area contributed by atoms with Gasteiger partial charge in [-0.15, -0.1) is 0 Å². The zero-order valence-electron chi connectivity index (χ0n) is 19.9. The molecule has 0 saturated heterocycles. The molecule has 35 heavy (non-hydrogen) atoms. The molecule has 0 N–H and O–H groups in total. The van der Waals surface area contributed by atoms with Crippen molar-refractivity contribution in [2.24, 2.45) is 0 Å². The molecule has 1 atom stereocenters. The third-order valence-electron chi connectivity index (χ3n) is 6.21. The van der Waals surface area contributed by atoms with Crippen LogP contribution in [0.1, 0.15) is 30.0 Å². The van der Waals surface area contributed by atoms with Gasteiger partial charge in [-0.1, -0.05) is 59.6 Å². The van der Waals surface area contributed by atoms with Gasteiger partial charge in [0.2, 0.25) is 0 Å². The van der Waals surface area contributed by atoms with E-state index >= 15 is 0 Å². The highest BCUT2D eigenvalue weighted by Crippen LogP contribution is 2.35. The summed E-state index contributed by atoms with van der Waals surface area (Å²) in [6.07, 6.45) is 0.781. The summed E-state index contributed by atoms with van der Waals surface area (Å²) in [5.41, 5.74) is 3.72. The van der Waals surface area contributed by atoms with Crippen LogP contribution in [0.4, 0.5) is 10.5 Å². The van der Waals surface area contributed by atoms with Crippen molar-refractivity contribution < 1.29 is 17.9 Å². The van der Waals surface area contributed by atoms with E-state index in [0.717, 1.165) is 16.7 Å². The molecule has 184 valence electrons. The number of para-hydroxylation sites is 1. The van der Waals surface area contributed by atoms with Crippen LogP contribution in [-0.2, 0) is 27.7 Å². The lowest BCUT2D eigenvalue weighted by Crippen LogP contribution is -2.47. The van der Waals surface area contributed by atoms with Crippen LogP contribution >= 0.6 is 11.6 Å². The second-order valence-electron chi connectivity index (χ2n) is 8.65. The van der Waals surface area contributed by atoms with Gasteiger partial charge in [0.15, 0.2) is 0 Å². The predicted octanol–water partition coefficient (Wildman–Crippen LogP) is 5.82. The number of halogens is 1. The number of aryl methyl sites for hydroxylation is 2. The Labute approximate surface area is 212 Å². The van der Waals surface area contributed by atoms with Crippen LogP contribution in [0, 0.1) is 6.92 Å². The number of anilines is 1. The predicted molar refractivity (Wildman–Crippen MR) is 138 cm³/mol. The van der Waals surface area contributed by atoms with Crippen LogP contribution in [-0.4, -0.2) is 38.6 Å². The smallest absolute Gasteiger partial charge is 0.410 e. The molecule has 4 rings (SSSR count). The maximum Gasteiger partial charge on any atom is 0.410 e. The highest BCUT2D eigenvalue weighted by atomic mass is 35.5. The first-order valence-electron chi connectivity index (χ1n) is 11.6. The van der Waals surface area contributed by atoms with Crippen LogP contribution in [0.25, 0.3) is 0 Å². The molecule has 8 heteroatoms. The van der Waals surface area contributed by atoms with Crippen molar-refractivity contribution in [1.29, 1.82) is 0 Å². The van der Waals surface area contributed by atoms with E-state index in [2.05, 4.69) is 0 Å². The Bertz CT molecular complexity index is 1280. The number of benzene rings is 3. The molecule has 1 amide bonds. The third-order valence-corrected chi connectivity index (χ3v) is 8.34. The largest absolute Gasteiger partial charge is 0.447 e. The van der Waals surface area contributed by atoms with Crippen molar-refractivity contribution >= 4 is 33.4 Å². The molecular formula is C27H29ClN2O4S. The Balaban J connectivity index is 1.55. The fraction of sp³-hybridized carbons (Fsp3) is 0.296. The van der Waals surface area contributed by atoms with Gasteiger partial charge in [-0.25, -0.2) is 13.2 Å². The van der Waals surface area contributed by atoms with E-state index in [1.165, 1.54) is 16.4 Å². The van der Waals surface area contributed by atoms with Crippen LogP contribution in [0.2, 0.25) is 5.02 Å². The maximum atomic E-state index is 13.7. The number of carbonyl (C=O) groups excluding carboxylic acids is 1. The molecule has 6 nitrogen and oxygen atoms in total. The molecule has 1 aliphatic heterocycles. The lowest BCUT2D eigenvalue weighted by Gasteiger charge is -2.37. The van der Waals surface area contributed by atoms with Crippen molar-refractivity contribution in [2.75, 3.05) is 17.5 Å². The molecule has 1 aliphatic rings. The van der Waals surface area contributed by atoms with E-state index in [0.29, 0.717) is 36.6 Å². The maximum absolute atomic E-state index is 13.7. The van der Waals surface area contributed by atoms with Gasteiger partial charge in [0, 0.05) is 18.1 Å². The van der Waals surface area contributed by atoms with Crippen molar-refractivity contribution in [3.63, 3.8) is 0 Å². The normalized spacial score (nSPS) is 15.4. The molecule has 0 bridgehead atoms. The van der Waals surface area contributed by atoms with E-state index in [4.69, 9.17) is 16.3 Å². The van der Waals surface area contributed by atoms with Crippen LogP contribution in [0.3, 0.4) is 0 Å². The molecule has 1 heterocycles. The Morgan fingerprint density at radius 3 is 2.43 bits per heavy atom. The first-order valence-corrected chi connectivity index (χ1v) is 13.5. The number of fused-ring (bicyclic) bond motifs is 1. The second-order valence-corrected chi connectivity index (χ2v) is 10.9. The van der Waals surface area contributed by atoms with Gasteiger partial charge in [0.25, 0.3) is 10.0 Å². The van der Waals surface area contributed by atoms with Crippen molar-refractivity contribution in [1.82, 2.24) is 4.90 Å². The molecular weight excluding hydrogens is 484 g/mol. The highest BCUT2D eigenvalue weighted by molar-refractivity contribution is 7.92. The average Bonchev–Trinajstić information content (AvgIpc) is 2.86. The number of amides is 1. The quantitative estimate of drug-likeness (QED) is 0.400. The van der Waals surface area contributed by atoms with E-state index in [9.17, 15) is 13.2 Å². The Hall–Kier alpha value is -3.03. The van der Waals surface area contributed by atoms with Gasteiger partial charge in [-0.05, 0) is 68.1 Å². The summed E-state index contributed by atoms with van der Waals surface area (Å²) in [7, 11) is -3.90. The van der Waals surface area contributed by atoms with E-state index < -0.39 is 22.2 Å². The van der Waals surface area contributed by atoms with Gasteiger partial charge in [0.1, 0.15) is 6.61 Å². The molecule has 0 aliphatic carbocycles. The van der Waals surface area contributed by atoms with Crippen molar-refractivity contribution in [3.05, 3.63) is 94.5 Å². The fourth-order valence-electron chi connectivity index (χ4n) is 4.25. The monoisotopic (exact) mass is 512 g/mol. The summed E-state index contributed by atoms with van der Waals surface area (Å²) in [6, 6.07) is 21.0. The third kappa shape index (κ3) is 5.63. The molecule has 0 saturated carbocycles. The number of hydrogen-bond acceptors (Lipinski definition) is 4. The summed E-state index contributed by atoms with van der Waals surface area (Å²) in [5, 5.41) is 0.460. The van der Waals surface area contributed by atoms with Gasteiger partial charge in [-0.2, -0.15) is 0 Å². The minimum atomic E-state index is -3.90. The highest BCUT2D eigenvalue weighted by Gasteiger charge is 2.37. The lowest BCUT2D eigenvalue weighted by atomic mass is 9.98. The number of sulfonamides is 1. The van der Waals surface area contributed by atoms with E-state index in [-0.39, 0.29) is 11.5 Å². The molecule has 0 aromatic heterocycles. The van der Waals surface area contributed by atoms with Crippen molar-refractivity contribution in [2.45, 2.75) is 44.2 Å². The Morgan fingerprint density at radius 2 is 1.74 bits per heavy atom. The summed E-state index contributed by atoms with van der Waals surface area (Å²) in [6.45, 7) is 4.78. The molecule has 3 aromatic rings. The number of hydrogen-bond donors (Lipinski definition) is 0. The molecule has 0 radical (unpaired) electrons. The van der Waals surface area contributed by atoms with Gasteiger partial charge in [0.05, 0.1) is 16.6 Å². The first-order chi connectivity index (χ1) is 16.8. The van der Waals surface area contributed by atoms with Gasteiger partial charge in [-0.3, -0.25) is 4.31 Å². The van der Waals surface area contributed by atoms with Crippen LogP contribution < -0.4 is 4.31 Å². The van der Waals surface area contributed by atoms with Crippen molar-refractivity contribution in [3.8, 4) is 0 Å². The number of carbonyl (C=O) groups is 1. The molecule has 1 unspecified atom stereocenters. The molecule has 3 aromatic carbocycles. The zero-order valence-corrected chi connectivity index (χ0v) is 21.4. The summed E-state index contributed by atoms with van der Waals surface area (Å²) in [4.78, 5) is 14.7. The lowest BCUT2D eigenvalue weighted by molar-refractivity contribution is 0.0955. The fourth-order valence-corrected chi connectivity index (χ4v) is 6.08. The van der Waals surface area contributed by atoms with E-state index in [1.807, 2.05) is 56.3 Å². The number of ether oxygens (including phenoxy) is 1. The number of nitrogens with zero attached hydrogens (tertiary/aromatic N) is 2. The van der Waals surface area contributed by atoms with Crippen LogP contribution in [0.5, 0.6) is 0 Å². The summed E-state index contributed by atoms with van der Waals surface area (Å²) in [5.74, 6) is 0. The Morgan fingerprint density at radius 1 is 1.06 bits per heavy atom. The van der Waals surface area contributed by atoms with Gasteiger partial charge < -0.3 is 9.64 Å². The zero-order chi connectivity index (χ0) is 25.0.